The second-order valence-corrected chi connectivity index (χ2v) is 5.38. The third-order valence-corrected chi connectivity index (χ3v) is 3.41. The molecule has 0 atom stereocenters. The molecule has 2 aromatic carbocycles. The average molecular weight is 297 g/mol. The highest BCUT2D eigenvalue weighted by Gasteiger charge is 2.08. The van der Waals surface area contributed by atoms with E-state index in [1.165, 1.54) is 5.56 Å². The fourth-order valence-electron chi connectivity index (χ4n) is 2.00. The molecule has 0 bridgehead atoms. The van der Waals surface area contributed by atoms with Gasteiger partial charge >= 0.3 is 0 Å². The summed E-state index contributed by atoms with van der Waals surface area (Å²) in [6, 6.07) is 13.9. The monoisotopic (exact) mass is 297 g/mol. The van der Waals surface area contributed by atoms with Gasteiger partial charge in [0.15, 0.2) is 12.4 Å². The molecule has 0 fully saturated rings. The summed E-state index contributed by atoms with van der Waals surface area (Å²) in [5, 5.41) is 0. The number of carbonyl (C=O) groups excluding carboxylic acids is 2. The van der Waals surface area contributed by atoms with Crippen LogP contribution in [0, 0.1) is 0 Å². The SMILES string of the molecule is CC(C)c1ccc(C(=O)COc2ccc(C(N)=O)cc2)cc1. The number of nitrogens with two attached hydrogens (primary N) is 1. The molecule has 0 aliphatic carbocycles. The molecule has 114 valence electrons. The molecule has 2 aromatic rings. The first-order valence-corrected chi connectivity index (χ1v) is 7.13. The zero-order chi connectivity index (χ0) is 16.1. The Labute approximate surface area is 129 Å². The van der Waals surface area contributed by atoms with Crippen molar-refractivity contribution in [3.63, 3.8) is 0 Å². The lowest BCUT2D eigenvalue weighted by Gasteiger charge is -2.08. The number of primary amides is 1. The van der Waals surface area contributed by atoms with E-state index in [1.54, 1.807) is 24.3 Å². The summed E-state index contributed by atoms with van der Waals surface area (Å²) < 4.78 is 5.43. The highest BCUT2D eigenvalue weighted by atomic mass is 16.5. The first kappa shape index (κ1) is 15.8. The fourth-order valence-corrected chi connectivity index (χ4v) is 2.00. The molecular formula is C18H19NO3. The smallest absolute Gasteiger partial charge is 0.248 e. The van der Waals surface area contributed by atoms with E-state index in [-0.39, 0.29) is 12.4 Å². The first-order chi connectivity index (χ1) is 10.5. The molecule has 0 unspecified atom stereocenters. The second-order valence-electron chi connectivity index (χ2n) is 5.38. The summed E-state index contributed by atoms with van der Waals surface area (Å²) in [4.78, 5) is 23.0. The van der Waals surface area contributed by atoms with Crippen LogP contribution in [0.25, 0.3) is 0 Å². The van der Waals surface area contributed by atoms with Crippen LogP contribution in [-0.4, -0.2) is 18.3 Å². The van der Waals surface area contributed by atoms with Crippen molar-refractivity contribution in [1.82, 2.24) is 0 Å². The summed E-state index contributed by atoms with van der Waals surface area (Å²) >= 11 is 0. The third kappa shape index (κ3) is 3.95. The number of carbonyl (C=O) groups is 2. The Morgan fingerprint density at radius 2 is 1.50 bits per heavy atom. The average Bonchev–Trinajstić information content (AvgIpc) is 2.53. The minimum Gasteiger partial charge on any atom is -0.485 e. The first-order valence-electron chi connectivity index (χ1n) is 7.13. The van der Waals surface area contributed by atoms with Crippen molar-refractivity contribution in [2.24, 2.45) is 5.73 Å². The molecule has 0 radical (unpaired) electrons. The van der Waals surface area contributed by atoms with Crippen LogP contribution in [0.1, 0.15) is 46.0 Å². The van der Waals surface area contributed by atoms with E-state index in [0.717, 1.165) is 0 Å². The van der Waals surface area contributed by atoms with Crippen molar-refractivity contribution < 1.29 is 14.3 Å². The molecule has 0 aliphatic rings. The number of hydrogen-bond acceptors (Lipinski definition) is 3. The largest absolute Gasteiger partial charge is 0.485 e. The Kier molecular flexibility index (Phi) is 4.94. The highest BCUT2D eigenvalue weighted by Crippen LogP contribution is 2.16. The van der Waals surface area contributed by atoms with Gasteiger partial charge in [0.05, 0.1) is 0 Å². The number of ether oxygens (including phenoxy) is 1. The Hall–Kier alpha value is -2.62. The third-order valence-electron chi connectivity index (χ3n) is 3.41. The Morgan fingerprint density at radius 1 is 0.955 bits per heavy atom. The summed E-state index contributed by atoms with van der Waals surface area (Å²) in [5.74, 6) is 0.378. The maximum Gasteiger partial charge on any atom is 0.248 e. The van der Waals surface area contributed by atoms with Gasteiger partial charge < -0.3 is 10.5 Å². The van der Waals surface area contributed by atoms with Gasteiger partial charge in [0, 0.05) is 11.1 Å². The Balaban J connectivity index is 1.96. The summed E-state index contributed by atoms with van der Waals surface area (Å²) in [7, 11) is 0. The van der Waals surface area contributed by atoms with Crippen LogP contribution in [0.5, 0.6) is 5.75 Å². The van der Waals surface area contributed by atoms with Crippen LogP contribution < -0.4 is 10.5 Å². The summed E-state index contributed by atoms with van der Waals surface area (Å²) in [6.45, 7) is 4.17. The predicted octanol–water partition coefficient (Wildman–Crippen LogP) is 3.17. The number of ketones is 1. The molecule has 4 nitrogen and oxygen atoms in total. The molecule has 0 saturated carbocycles. The zero-order valence-corrected chi connectivity index (χ0v) is 12.7. The zero-order valence-electron chi connectivity index (χ0n) is 12.7. The number of benzene rings is 2. The molecule has 0 saturated heterocycles. The van der Waals surface area contributed by atoms with Gasteiger partial charge in [-0.1, -0.05) is 38.1 Å². The number of Topliss-reactive ketones (excluding diaryl/α,β-unsaturated/α-hetero) is 1. The van der Waals surface area contributed by atoms with E-state index in [1.807, 2.05) is 24.3 Å². The predicted molar refractivity (Wildman–Crippen MR) is 85.3 cm³/mol. The van der Waals surface area contributed by atoms with Crippen LogP contribution in [-0.2, 0) is 0 Å². The maximum atomic E-state index is 12.1. The van der Waals surface area contributed by atoms with Gasteiger partial charge in [-0.05, 0) is 35.7 Å². The van der Waals surface area contributed by atoms with E-state index in [9.17, 15) is 9.59 Å². The lowest BCUT2D eigenvalue weighted by Crippen LogP contribution is -2.12. The normalized spacial score (nSPS) is 10.5. The van der Waals surface area contributed by atoms with Crippen LogP contribution in [0.3, 0.4) is 0 Å². The van der Waals surface area contributed by atoms with Gasteiger partial charge in [-0.25, -0.2) is 0 Å². The quantitative estimate of drug-likeness (QED) is 0.833. The maximum absolute atomic E-state index is 12.1. The van der Waals surface area contributed by atoms with Gasteiger partial charge in [0.25, 0.3) is 0 Å². The van der Waals surface area contributed by atoms with Gasteiger partial charge in [-0.2, -0.15) is 0 Å². The number of amides is 1. The fraction of sp³-hybridized carbons (Fsp3) is 0.222. The van der Waals surface area contributed by atoms with Crippen LogP contribution in [0.4, 0.5) is 0 Å². The molecule has 4 heteroatoms. The second kappa shape index (κ2) is 6.89. The molecule has 2 N–H and O–H groups in total. The highest BCUT2D eigenvalue weighted by molar-refractivity contribution is 5.97. The van der Waals surface area contributed by atoms with Gasteiger partial charge in [0.2, 0.25) is 5.91 Å². The minimum atomic E-state index is -0.493. The molecule has 1 amide bonds. The summed E-state index contributed by atoms with van der Waals surface area (Å²) in [6.07, 6.45) is 0. The molecule has 0 heterocycles. The Bertz CT molecular complexity index is 658. The van der Waals surface area contributed by atoms with E-state index in [0.29, 0.717) is 22.8 Å². The van der Waals surface area contributed by atoms with Crippen molar-refractivity contribution in [3.05, 3.63) is 65.2 Å². The van der Waals surface area contributed by atoms with Crippen molar-refractivity contribution in [3.8, 4) is 5.75 Å². The Morgan fingerprint density at radius 3 is 2.00 bits per heavy atom. The lowest BCUT2D eigenvalue weighted by atomic mass is 10.0. The van der Waals surface area contributed by atoms with Crippen LogP contribution >= 0.6 is 0 Å². The molecule has 0 aromatic heterocycles. The van der Waals surface area contributed by atoms with E-state index in [4.69, 9.17) is 10.5 Å². The van der Waals surface area contributed by atoms with Gasteiger partial charge in [-0.3, -0.25) is 9.59 Å². The van der Waals surface area contributed by atoms with Crippen molar-refractivity contribution >= 4 is 11.7 Å². The van der Waals surface area contributed by atoms with Crippen molar-refractivity contribution in [1.29, 1.82) is 0 Å². The van der Waals surface area contributed by atoms with E-state index >= 15 is 0 Å². The number of hydrogen-bond donors (Lipinski definition) is 1. The molecule has 0 spiro atoms. The molecule has 0 aliphatic heterocycles. The van der Waals surface area contributed by atoms with Crippen molar-refractivity contribution in [2.45, 2.75) is 19.8 Å². The number of rotatable bonds is 6. The minimum absolute atomic E-state index is 0.0447. The molecular weight excluding hydrogens is 278 g/mol. The molecule has 22 heavy (non-hydrogen) atoms. The lowest BCUT2D eigenvalue weighted by molar-refractivity contribution is 0.0920. The van der Waals surface area contributed by atoms with Crippen molar-refractivity contribution in [2.75, 3.05) is 6.61 Å². The summed E-state index contributed by atoms with van der Waals surface area (Å²) in [5.41, 5.74) is 7.38. The molecule has 2 rings (SSSR count). The van der Waals surface area contributed by atoms with Gasteiger partial charge in [0.1, 0.15) is 5.75 Å². The van der Waals surface area contributed by atoms with Gasteiger partial charge in [-0.15, -0.1) is 0 Å². The topological polar surface area (TPSA) is 69.4 Å². The van der Waals surface area contributed by atoms with Crippen LogP contribution in [0.2, 0.25) is 0 Å². The standard InChI is InChI=1S/C18H19NO3/c1-12(2)13-3-5-14(6-4-13)17(20)11-22-16-9-7-15(8-10-16)18(19)21/h3-10,12H,11H2,1-2H3,(H2,19,21). The van der Waals surface area contributed by atoms with E-state index < -0.39 is 5.91 Å². The van der Waals surface area contributed by atoms with Crippen LogP contribution in [0.15, 0.2) is 48.5 Å². The van der Waals surface area contributed by atoms with E-state index in [2.05, 4.69) is 13.8 Å².